The van der Waals surface area contributed by atoms with Gasteiger partial charge in [-0.1, -0.05) is 0 Å². The molecule has 2 atom stereocenters. The molecule has 0 amide bonds. The molecule has 2 rings (SSSR count). The fraction of sp³-hybridized carbons (Fsp3) is 1.00. The average Bonchev–Trinajstić information content (AvgIpc) is 2.49. The van der Waals surface area contributed by atoms with E-state index < -0.39 is 7.27 Å². The first kappa shape index (κ1) is 9.40. The summed E-state index contributed by atoms with van der Waals surface area (Å²) in [5, 5.41) is 0. The van der Waals surface area contributed by atoms with Crippen LogP contribution in [0.2, 0.25) is 0 Å². The van der Waals surface area contributed by atoms with Gasteiger partial charge in [-0.2, -0.15) is 0 Å². The molecule has 0 aromatic carbocycles. The Hall–Kier alpha value is -0.155. The number of quaternary nitrogens is 1. The van der Waals surface area contributed by atoms with Crippen LogP contribution < -0.4 is 4.90 Å². The molecule has 2 aliphatic heterocycles. The summed E-state index contributed by atoms with van der Waals surface area (Å²) >= 11 is 0. The lowest BCUT2D eigenvalue weighted by atomic mass is 9.97. The largest absolute Gasteiger partial charge is 0.592 e. The van der Waals surface area contributed by atoms with Gasteiger partial charge >= 0.3 is 7.27 Å². The lowest BCUT2D eigenvalue weighted by Crippen LogP contribution is -3.16. The molecule has 2 saturated heterocycles. The van der Waals surface area contributed by atoms with Crippen LogP contribution in [0, 0.1) is 0 Å². The maximum absolute atomic E-state index is 12.1. The minimum absolute atomic E-state index is 0.0460. The van der Waals surface area contributed by atoms with Gasteiger partial charge in [0.1, 0.15) is 6.44 Å². The summed E-state index contributed by atoms with van der Waals surface area (Å²) in [4.78, 5) is 3.55. The third kappa shape index (κ3) is 2.20. The van der Waals surface area contributed by atoms with Crippen LogP contribution in [-0.2, 0) is 0 Å². The van der Waals surface area contributed by atoms with Crippen molar-refractivity contribution in [2.24, 2.45) is 0 Å². The zero-order chi connectivity index (χ0) is 9.26. The van der Waals surface area contributed by atoms with E-state index in [1.165, 1.54) is 19.4 Å². The van der Waals surface area contributed by atoms with Crippen LogP contribution in [0.3, 0.4) is 0 Å². The standard InChI is InChI=1S/C8H15BF2N2/c10-9(11)7-12-4-5-13-3-1-2-8(13)6-12/h8H,1-7H2/p+1. The molecule has 13 heavy (non-hydrogen) atoms. The lowest BCUT2D eigenvalue weighted by molar-refractivity contribution is -0.898. The van der Waals surface area contributed by atoms with Gasteiger partial charge in [-0.3, -0.25) is 13.5 Å². The van der Waals surface area contributed by atoms with E-state index in [9.17, 15) is 8.63 Å². The van der Waals surface area contributed by atoms with E-state index >= 15 is 0 Å². The molecule has 0 bridgehead atoms. The second kappa shape index (κ2) is 3.92. The second-order valence-electron chi connectivity index (χ2n) is 4.13. The molecule has 5 heteroatoms. The number of rotatable bonds is 2. The third-order valence-electron chi connectivity index (χ3n) is 3.22. The van der Waals surface area contributed by atoms with Crippen molar-refractivity contribution in [1.29, 1.82) is 0 Å². The molecule has 0 aromatic rings. The minimum atomic E-state index is -2.14. The van der Waals surface area contributed by atoms with Crippen molar-refractivity contribution in [3.8, 4) is 0 Å². The van der Waals surface area contributed by atoms with Gasteiger partial charge < -0.3 is 4.90 Å². The first-order valence-electron chi connectivity index (χ1n) is 5.11. The number of nitrogens with zero attached hydrogens (tertiary/aromatic N) is 1. The summed E-state index contributed by atoms with van der Waals surface area (Å²) < 4.78 is 24.3. The number of nitrogens with one attached hydrogen (secondary N) is 1. The van der Waals surface area contributed by atoms with Crippen LogP contribution in [0.25, 0.3) is 0 Å². The molecule has 1 N–H and O–H groups in total. The Morgan fingerprint density at radius 2 is 2.23 bits per heavy atom. The molecule has 0 spiro atoms. The number of fused-ring (bicyclic) bond motifs is 1. The first-order valence-corrected chi connectivity index (χ1v) is 5.11. The molecule has 0 aliphatic carbocycles. The van der Waals surface area contributed by atoms with Crippen LogP contribution in [0.5, 0.6) is 0 Å². The highest BCUT2D eigenvalue weighted by molar-refractivity contribution is 6.42. The summed E-state index contributed by atoms with van der Waals surface area (Å²) in [7, 11) is -2.14. The van der Waals surface area contributed by atoms with Crippen molar-refractivity contribution in [3.05, 3.63) is 0 Å². The van der Waals surface area contributed by atoms with Crippen molar-refractivity contribution in [3.63, 3.8) is 0 Å². The second-order valence-corrected chi connectivity index (χ2v) is 4.13. The predicted molar refractivity (Wildman–Crippen MR) is 48.1 cm³/mol. The Morgan fingerprint density at radius 3 is 3.00 bits per heavy atom. The SMILES string of the molecule is FB(F)C[NH+]1CCN2CCCC2C1. The number of hydrogen-bond acceptors (Lipinski definition) is 1. The Balaban J connectivity index is 1.83. The zero-order valence-corrected chi connectivity index (χ0v) is 7.81. The molecule has 2 fully saturated rings. The average molecular weight is 189 g/mol. The molecule has 2 unspecified atom stereocenters. The van der Waals surface area contributed by atoms with Crippen molar-refractivity contribution in [2.45, 2.75) is 18.9 Å². The molecule has 2 aliphatic rings. The summed E-state index contributed by atoms with van der Waals surface area (Å²) in [6.45, 7) is 4.05. The highest BCUT2D eigenvalue weighted by Gasteiger charge is 2.35. The van der Waals surface area contributed by atoms with E-state index in [0.717, 1.165) is 24.5 Å². The van der Waals surface area contributed by atoms with E-state index in [2.05, 4.69) is 4.90 Å². The summed E-state index contributed by atoms with van der Waals surface area (Å²) in [6, 6.07) is 0.600. The molecular formula is C8H16BF2N2+. The Kier molecular flexibility index (Phi) is 2.84. The fourth-order valence-corrected chi connectivity index (χ4v) is 2.56. The van der Waals surface area contributed by atoms with Gasteiger partial charge in [0.2, 0.25) is 0 Å². The van der Waals surface area contributed by atoms with Gasteiger partial charge in [0, 0.05) is 6.54 Å². The van der Waals surface area contributed by atoms with Gasteiger partial charge in [0.15, 0.2) is 0 Å². The maximum Gasteiger partial charge on any atom is 0.592 e. The van der Waals surface area contributed by atoms with Crippen LogP contribution >= 0.6 is 0 Å². The van der Waals surface area contributed by atoms with Gasteiger partial charge in [0.05, 0.1) is 19.1 Å². The quantitative estimate of drug-likeness (QED) is 0.565. The summed E-state index contributed by atoms with van der Waals surface area (Å²) in [5.74, 6) is 0. The third-order valence-corrected chi connectivity index (χ3v) is 3.22. The number of halogens is 2. The van der Waals surface area contributed by atoms with Gasteiger partial charge in [-0.15, -0.1) is 0 Å². The van der Waals surface area contributed by atoms with Crippen molar-refractivity contribution in [1.82, 2.24) is 4.90 Å². The van der Waals surface area contributed by atoms with Crippen LogP contribution in [0.1, 0.15) is 12.8 Å². The van der Waals surface area contributed by atoms with Crippen LogP contribution in [-0.4, -0.2) is 50.8 Å². The molecule has 0 radical (unpaired) electrons. The van der Waals surface area contributed by atoms with Crippen LogP contribution in [0.15, 0.2) is 0 Å². The van der Waals surface area contributed by atoms with E-state index in [-0.39, 0.29) is 6.44 Å². The molecule has 2 nitrogen and oxygen atoms in total. The van der Waals surface area contributed by atoms with E-state index in [0.29, 0.717) is 6.04 Å². The van der Waals surface area contributed by atoms with Crippen molar-refractivity contribution in [2.75, 3.05) is 32.6 Å². The highest BCUT2D eigenvalue weighted by Crippen LogP contribution is 2.16. The summed E-state index contributed by atoms with van der Waals surface area (Å²) in [6.07, 6.45) is 2.52. The topological polar surface area (TPSA) is 7.68 Å². The van der Waals surface area contributed by atoms with Gasteiger partial charge in [0.25, 0.3) is 0 Å². The van der Waals surface area contributed by atoms with E-state index in [1.807, 2.05) is 0 Å². The smallest absolute Gasteiger partial charge is 0.334 e. The normalized spacial score (nSPS) is 34.6. The van der Waals surface area contributed by atoms with Crippen molar-refractivity contribution >= 4 is 7.27 Å². The molecule has 0 saturated carbocycles. The van der Waals surface area contributed by atoms with Crippen molar-refractivity contribution < 1.29 is 13.5 Å². The van der Waals surface area contributed by atoms with Crippen LogP contribution in [0.4, 0.5) is 8.63 Å². The molecule has 74 valence electrons. The lowest BCUT2D eigenvalue weighted by Gasteiger charge is -2.34. The molecule has 0 aromatic heterocycles. The highest BCUT2D eigenvalue weighted by atomic mass is 19.2. The monoisotopic (exact) mass is 189 g/mol. The van der Waals surface area contributed by atoms with Gasteiger partial charge in [-0.25, -0.2) is 0 Å². The number of hydrogen-bond donors (Lipinski definition) is 1. The molecule has 2 heterocycles. The van der Waals surface area contributed by atoms with E-state index in [1.54, 1.807) is 0 Å². The minimum Gasteiger partial charge on any atom is -0.334 e. The fourth-order valence-electron chi connectivity index (χ4n) is 2.56. The van der Waals surface area contributed by atoms with E-state index in [4.69, 9.17) is 0 Å². The number of piperazine rings is 1. The summed E-state index contributed by atoms with van der Waals surface area (Å²) in [5.41, 5.74) is 0. The van der Waals surface area contributed by atoms with Gasteiger partial charge in [-0.05, 0) is 19.4 Å². The Morgan fingerprint density at radius 1 is 1.38 bits per heavy atom. The first-order chi connectivity index (χ1) is 6.25. The maximum atomic E-state index is 12.1. The molecular weight excluding hydrogens is 173 g/mol. The zero-order valence-electron chi connectivity index (χ0n) is 7.81. The Labute approximate surface area is 78.1 Å². The predicted octanol–water partition coefficient (Wildman–Crippen LogP) is -0.684. The Bertz CT molecular complexity index is 180.